The van der Waals surface area contributed by atoms with Gasteiger partial charge in [-0.15, -0.1) is 0 Å². The largest absolute Gasteiger partial charge is 0.308 e. The van der Waals surface area contributed by atoms with Gasteiger partial charge in [0.15, 0.2) is 0 Å². The average molecular weight is 590 g/mol. The van der Waals surface area contributed by atoms with Gasteiger partial charge in [0.1, 0.15) is 11.6 Å². The summed E-state index contributed by atoms with van der Waals surface area (Å²) in [5.41, 5.74) is 4.97. The summed E-state index contributed by atoms with van der Waals surface area (Å²) in [7, 11) is -3.90. The van der Waals surface area contributed by atoms with Gasteiger partial charge in [-0.2, -0.15) is 0 Å². The molecule has 3 unspecified atom stereocenters. The smallest absolute Gasteiger partial charge is 0.241 e. The van der Waals surface area contributed by atoms with Crippen LogP contribution >= 0.6 is 0 Å². The minimum absolute atomic E-state index is 0.00244. The van der Waals surface area contributed by atoms with Gasteiger partial charge in [0.05, 0.1) is 11.4 Å². The molecule has 0 spiro atoms. The molecule has 1 N–H and O–H groups in total. The summed E-state index contributed by atoms with van der Waals surface area (Å²) in [5.74, 6) is -1.18. The highest BCUT2D eigenvalue weighted by Crippen LogP contribution is 2.49. The maximum Gasteiger partial charge on any atom is 0.241 e. The topological polar surface area (TPSA) is 78.8 Å². The molecule has 218 valence electrons. The fourth-order valence-electron chi connectivity index (χ4n) is 5.34. The van der Waals surface area contributed by atoms with Crippen molar-refractivity contribution in [1.29, 1.82) is 0 Å². The third-order valence-electron chi connectivity index (χ3n) is 7.70. The molecule has 2 aliphatic rings. The normalized spacial score (nSPS) is 19.6. The summed E-state index contributed by atoms with van der Waals surface area (Å²) in [6, 6.07) is 16.2. The van der Waals surface area contributed by atoms with E-state index in [9.17, 15) is 22.0 Å². The molecule has 0 aromatic heterocycles. The maximum absolute atomic E-state index is 14.0. The van der Waals surface area contributed by atoms with Crippen LogP contribution in [0.4, 0.5) is 14.5 Å². The van der Waals surface area contributed by atoms with Crippen LogP contribution in [0.3, 0.4) is 0 Å². The SMILES string of the molecule is C=C/C(=C\N=C(C)C)CN(C(=O)C1CC1c1ccc(F)cc1)c1ccc2c(c1)C(NS(=O)(=O)c1ccc(F)cc1)CC2. The third-order valence-corrected chi connectivity index (χ3v) is 9.19. The molecule has 0 bridgehead atoms. The van der Waals surface area contributed by atoms with Gasteiger partial charge in [0, 0.05) is 29.6 Å². The highest BCUT2D eigenvalue weighted by atomic mass is 32.2. The minimum Gasteiger partial charge on any atom is -0.308 e. The lowest BCUT2D eigenvalue weighted by Crippen LogP contribution is -2.34. The number of hydrogen-bond donors (Lipinski definition) is 1. The molecule has 6 nitrogen and oxygen atoms in total. The van der Waals surface area contributed by atoms with Crippen LogP contribution in [-0.2, 0) is 21.2 Å². The summed E-state index contributed by atoms with van der Waals surface area (Å²) < 4.78 is 55.8. The molecular weight excluding hydrogens is 556 g/mol. The number of benzene rings is 3. The first-order valence-electron chi connectivity index (χ1n) is 13.9. The van der Waals surface area contributed by atoms with Gasteiger partial charge in [0.25, 0.3) is 0 Å². The fraction of sp³-hybridized carbons (Fsp3) is 0.273. The molecule has 1 saturated carbocycles. The van der Waals surface area contributed by atoms with Crippen molar-refractivity contribution in [3.63, 3.8) is 0 Å². The Balaban J connectivity index is 1.45. The van der Waals surface area contributed by atoms with Crippen LogP contribution in [0.5, 0.6) is 0 Å². The lowest BCUT2D eigenvalue weighted by molar-refractivity contribution is -0.119. The van der Waals surface area contributed by atoms with E-state index < -0.39 is 21.9 Å². The van der Waals surface area contributed by atoms with Crippen molar-refractivity contribution in [2.75, 3.05) is 11.4 Å². The highest BCUT2D eigenvalue weighted by Gasteiger charge is 2.46. The quantitative estimate of drug-likeness (QED) is 0.213. The molecule has 5 rings (SSSR count). The first kappa shape index (κ1) is 29.5. The van der Waals surface area contributed by atoms with Crippen LogP contribution in [0.25, 0.3) is 0 Å². The Morgan fingerprint density at radius 1 is 1.05 bits per heavy atom. The van der Waals surface area contributed by atoms with Gasteiger partial charge in [-0.1, -0.05) is 30.9 Å². The number of carbonyl (C=O) groups is 1. The van der Waals surface area contributed by atoms with Crippen LogP contribution in [0.2, 0.25) is 0 Å². The number of rotatable bonds is 10. The Morgan fingerprint density at radius 3 is 2.36 bits per heavy atom. The molecule has 9 heteroatoms. The molecular formula is C33H33F2N3O3S. The molecule has 3 atom stereocenters. The summed E-state index contributed by atoms with van der Waals surface area (Å²) in [6.07, 6.45) is 5.26. The number of anilines is 1. The summed E-state index contributed by atoms with van der Waals surface area (Å²) >= 11 is 0. The Kier molecular flexibility index (Phi) is 8.52. The second-order valence-electron chi connectivity index (χ2n) is 11.0. The fourth-order valence-corrected chi connectivity index (χ4v) is 6.59. The summed E-state index contributed by atoms with van der Waals surface area (Å²) in [5, 5.41) is 0. The van der Waals surface area contributed by atoms with Crippen molar-refractivity contribution >= 4 is 27.3 Å². The summed E-state index contributed by atoms with van der Waals surface area (Å²) in [6.45, 7) is 7.90. The molecule has 1 fully saturated rings. The zero-order valence-corrected chi connectivity index (χ0v) is 24.4. The molecule has 1 amide bonds. The predicted octanol–water partition coefficient (Wildman–Crippen LogP) is 6.62. The van der Waals surface area contributed by atoms with Crippen LogP contribution < -0.4 is 9.62 Å². The Hall–Kier alpha value is -3.95. The van der Waals surface area contributed by atoms with E-state index in [0.29, 0.717) is 24.9 Å². The van der Waals surface area contributed by atoms with E-state index >= 15 is 0 Å². The van der Waals surface area contributed by atoms with E-state index in [1.165, 1.54) is 24.3 Å². The second kappa shape index (κ2) is 12.1. The number of nitrogens with zero attached hydrogens (tertiary/aromatic N) is 2. The van der Waals surface area contributed by atoms with Gasteiger partial charge in [0.2, 0.25) is 15.9 Å². The number of hydrogen-bond acceptors (Lipinski definition) is 4. The Labute approximate surface area is 245 Å². The molecule has 0 radical (unpaired) electrons. The number of aliphatic imine (C=N–C) groups is 1. The van der Waals surface area contributed by atoms with E-state index in [1.807, 2.05) is 32.0 Å². The molecule has 3 aromatic rings. The van der Waals surface area contributed by atoms with Gasteiger partial charge < -0.3 is 4.90 Å². The van der Waals surface area contributed by atoms with E-state index in [4.69, 9.17) is 0 Å². The number of halogens is 2. The van der Waals surface area contributed by atoms with Gasteiger partial charge in [-0.3, -0.25) is 9.79 Å². The predicted molar refractivity (Wildman–Crippen MR) is 161 cm³/mol. The zero-order chi connectivity index (χ0) is 30.0. The molecule has 0 heterocycles. The minimum atomic E-state index is -3.90. The van der Waals surface area contributed by atoms with E-state index in [0.717, 1.165) is 40.1 Å². The molecule has 2 aliphatic carbocycles. The van der Waals surface area contributed by atoms with Crippen molar-refractivity contribution in [1.82, 2.24) is 4.72 Å². The van der Waals surface area contributed by atoms with Crippen LogP contribution in [-0.4, -0.2) is 26.6 Å². The Morgan fingerprint density at radius 2 is 1.71 bits per heavy atom. The van der Waals surface area contributed by atoms with E-state index in [2.05, 4.69) is 16.3 Å². The van der Waals surface area contributed by atoms with Crippen molar-refractivity contribution in [3.8, 4) is 0 Å². The highest BCUT2D eigenvalue weighted by molar-refractivity contribution is 7.89. The van der Waals surface area contributed by atoms with Crippen LogP contribution in [0.15, 0.2) is 101 Å². The first-order valence-corrected chi connectivity index (χ1v) is 15.3. The number of sulfonamides is 1. The van der Waals surface area contributed by atoms with Gasteiger partial charge >= 0.3 is 0 Å². The average Bonchev–Trinajstić information content (AvgIpc) is 3.68. The number of aryl methyl sites for hydroxylation is 1. The van der Waals surface area contributed by atoms with Crippen molar-refractivity contribution in [3.05, 3.63) is 119 Å². The number of amides is 1. The summed E-state index contributed by atoms with van der Waals surface area (Å²) in [4.78, 5) is 20.1. The molecule has 0 saturated heterocycles. The van der Waals surface area contributed by atoms with Gasteiger partial charge in [-0.05, 0) is 110 Å². The van der Waals surface area contributed by atoms with Crippen LogP contribution in [0, 0.1) is 17.6 Å². The number of nitrogens with one attached hydrogen (secondary N) is 1. The monoisotopic (exact) mass is 589 g/mol. The lowest BCUT2D eigenvalue weighted by Gasteiger charge is -2.25. The van der Waals surface area contributed by atoms with Crippen LogP contribution in [0.1, 0.15) is 55.3 Å². The first-order chi connectivity index (χ1) is 20.1. The lowest BCUT2D eigenvalue weighted by atomic mass is 10.1. The number of carbonyl (C=O) groups excluding carboxylic acids is 1. The molecule has 0 aliphatic heterocycles. The second-order valence-corrected chi connectivity index (χ2v) is 12.7. The van der Waals surface area contributed by atoms with Crippen molar-refractivity contribution in [2.24, 2.45) is 10.9 Å². The third kappa shape index (κ3) is 6.58. The zero-order valence-electron chi connectivity index (χ0n) is 23.6. The molecule has 3 aromatic carbocycles. The standard InChI is InChI=1S/C33H33F2N3O3S/c1-4-22(19-36-21(2)3)20-38(33(39)31-18-29(31)23-5-9-25(34)10-6-23)27-13-7-24-8-16-32(30(24)17-27)37-42(40,41)28-14-11-26(35)12-15-28/h4-7,9-15,17,19,29,31-32,37H,1,8,16,18,20H2,2-3H3/b22-19+. The van der Waals surface area contributed by atoms with Crippen molar-refractivity contribution in [2.45, 2.75) is 50.0 Å². The van der Waals surface area contributed by atoms with E-state index in [1.54, 1.807) is 29.3 Å². The maximum atomic E-state index is 14.0. The Bertz CT molecular complexity index is 1660. The van der Waals surface area contributed by atoms with Gasteiger partial charge in [-0.25, -0.2) is 21.9 Å². The molecule has 42 heavy (non-hydrogen) atoms. The number of fused-ring (bicyclic) bond motifs is 1. The van der Waals surface area contributed by atoms with E-state index in [-0.39, 0.29) is 35.0 Å². The van der Waals surface area contributed by atoms with Crippen molar-refractivity contribution < 1.29 is 22.0 Å².